The molecule has 0 unspecified atom stereocenters. The van der Waals surface area contributed by atoms with Crippen LogP contribution in [0, 0.1) is 0 Å². The minimum Gasteiger partial charge on any atom is -0.356 e. The maximum Gasteiger partial charge on any atom is 0.0973 e. The number of hydrogen-bond acceptors (Lipinski definition) is 7. The van der Waals surface area contributed by atoms with Gasteiger partial charge in [-0.25, -0.2) is 19.9 Å². The molecule has 0 spiro atoms. The van der Waals surface area contributed by atoms with Crippen LogP contribution in [0.4, 0.5) is 45.5 Å². The Morgan fingerprint density at radius 1 is 0.175 bits per heavy atom. The number of anilines is 8. The third-order valence-corrected chi connectivity index (χ3v) is 18.8. The molecule has 17 aromatic rings. The first-order chi connectivity index (χ1) is 50.9. The Morgan fingerprint density at radius 2 is 0.369 bits per heavy atom. The van der Waals surface area contributed by atoms with Crippen LogP contribution in [0.25, 0.3) is 100 Å². The lowest BCUT2D eigenvalue weighted by atomic mass is 10.0. The van der Waals surface area contributed by atoms with Crippen molar-refractivity contribution in [1.82, 2.24) is 19.9 Å². The largest absolute Gasteiger partial charge is 0.356 e. The average molecular weight is 1450 g/mol. The third-order valence-electron chi connectivity index (χ3n) is 17.7. The zero-order valence-corrected chi connectivity index (χ0v) is 59.2. The molecule has 2 heterocycles. The van der Waals surface area contributed by atoms with Gasteiger partial charge in [-0.3, -0.25) is 0 Å². The SMILES string of the molecule is Brc1ccc(-c2nc3ccccc3nc2-c2ccc(Br)cc2)cc1.c1ccc(-c2ccc(N(c3ccccc3)c3ccc(-c4nc5ccccc5nc4-c4ccc(N(c5ccccc5)c5ccc(-c6ccccc6)cc5)cc4)cc3)cc2)cc1.c1ccc(Nc2ccc(-c3ccccc3)cc2)cc1. The number of para-hydroxylation sites is 7. The van der Waals surface area contributed by atoms with Gasteiger partial charge in [-0.15, -0.1) is 0 Å². The molecule has 7 nitrogen and oxygen atoms in total. The van der Waals surface area contributed by atoms with Gasteiger partial charge in [-0.05, 0) is 179 Å². The van der Waals surface area contributed by atoms with Crippen LogP contribution < -0.4 is 15.1 Å². The van der Waals surface area contributed by atoms with E-state index in [2.05, 4.69) is 350 Å². The van der Waals surface area contributed by atoms with Gasteiger partial charge in [0.15, 0.2) is 0 Å². The van der Waals surface area contributed by atoms with Crippen molar-refractivity contribution in [3.05, 3.63) is 409 Å². The maximum absolute atomic E-state index is 5.25. The van der Waals surface area contributed by atoms with Crippen molar-refractivity contribution in [3.63, 3.8) is 0 Å². The minimum atomic E-state index is 0.836. The van der Waals surface area contributed by atoms with Crippen molar-refractivity contribution in [2.45, 2.75) is 0 Å². The van der Waals surface area contributed by atoms with E-state index in [0.29, 0.717) is 0 Å². The van der Waals surface area contributed by atoms with Crippen LogP contribution in [0.15, 0.2) is 409 Å². The molecule has 17 rings (SSSR count). The summed E-state index contributed by atoms with van der Waals surface area (Å²) in [6, 6.07) is 138. The van der Waals surface area contributed by atoms with E-state index in [4.69, 9.17) is 19.9 Å². The molecule has 0 saturated carbocycles. The standard InChI is InChI=1S/C56H40N4.C20H12Br2N2.C18H15N/c1-5-15-41(16-6-1)43-25-33-49(34-26-43)59(47-19-9-3-10-20-47)51-37-29-45(30-38-51)55-56(58-54-24-14-13-23-53(54)57-55)46-31-39-52(40-32-46)60(48-21-11-4-12-22-48)50-35-27-44(28-36-50)42-17-7-2-8-18-42;21-15-9-5-13(6-10-15)19-20(14-7-11-16(22)12-8-14)24-18-4-2-1-3-17(18)23-19;1-3-7-15(8-4-1)16-11-13-18(14-12-16)19-17-9-5-2-6-10-17/h1-40H;1-12H;1-14,19H. The van der Waals surface area contributed by atoms with Crippen LogP contribution in [-0.4, -0.2) is 19.9 Å². The lowest BCUT2D eigenvalue weighted by Gasteiger charge is -2.26. The van der Waals surface area contributed by atoms with Gasteiger partial charge in [0.05, 0.1) is 44.8 Å². The van der Waals surface area contributed by atoms with Gasteiger partial charge in [0.1, 0.15) is 0 Å². The second-order valence-corrected chi connectivity index (χ2v) is 26.4. The van der Waals surface area contributed by atoms with Gasteiger partial charge in [-0.2, -0.15) is 0 Å². The van der Waals surface area contributed by atoms with E-state index in [1.54, 1.807) is 0 Å². The number of nitrogens with zero attached hydrogens (tertiary/aromatic N) is 6. The minimum absolute atomic E-state index is 0.836. The summed E-state index contributed by atoms with van der Waals surface area (Å²) < 4.78 is 2.09. The van der Waals surface area contributed by atoms with Crippen LogP contribution in [0.3, 0.4) is 0 Å². The smallest absolute Gasteiger partial charge is 0.0973 e. The van der Waals surface area contributed by atoms with Crippen molar-refractivity contribution in [1.29, 1.82) is 0 Å². The van der Waals surface area contributed by atoms with Crippen molar-refractivity contribution >= 4 is 99.4 Å². The van der Waals surface area contributed by atoms with E-state index < -0.39 is 0 Å². The number of halogens is 2. The van der Waals surface area contributed by atoms with E-state index >= 15 is 0 Å². The molecular formula is C94H67Br2N7. The average Bonchev–Trinajstić information content (AvgIpc) is 0.785. The van der Waals surface area contributed by atoms with Gasteiger partial charge in [-0.1, -0.05) is 287 Å². The number of benzene rings is 15. The normalized spacial score (nSPS) is 10.8. The van der Waals surface area contributed by atoms with E-state index in [-0.39, 0.29) is 0 Å². The first-order valence-corrected chi connectivity index (χ1v) is 35.7. The summed E-state index contributed by atoms with van der Waals surface area (Å²) in [4.78, 5) is 24.8. The fourth-order valence-corrected chi connectivity index (χ4v) is 13.1. The molecular weight excluding hydrogens is 1390 g/mol. The predicted molar refractivity (Wildman–Crippen MR) is 438 cm³/mol. The summed E-state index contributed by atoms with van der Waals surface area (Å²) in [5.74, 6) is 0. The number of nitrogens with one attached hydrogen (secondary N) is 1. The Labute approximate surface area is 617 Å². The summed E-state index contributed by atoms with van der Waals surface area (Å²) in [7, 11) is 0. The number of aromatic nitrogens is 4. The van der Waals surface area contributed by atoms with Crippen molar-refractivity contribution < 1.29 is 0 Å². The topological polar surface area (TPSA) is 70.1 Å². The highest BCUT2D eigenvalue weighted by atomic mass is 79.9. The van der Waals surface area contributed by atoms with Gasteiger partial charge in [0.25, 0.3) is 0 Å². The molecule has 0 aliphatic carbocycles. The Bertz CT molecular complexity index is 5300. The lowest BCUT2D eigenvalue weighted by molar-refractivity contribution is 1.26. The molecule has 0 aliphatic heterocycles. The Kier molecular flexibility index (Phi) is 20.4. The molecule has 103 heavy (non-hydrogen) atoms. The lowest BCUT2D eigenvalue weighted by Crippen LogP contribution is -2.10. The highest BCUT2D eigenvalue weighted by Gasteiger charge is 2.20. The molecule has 492 valence electrons. The molecule has 0 atom stereocenters. The second-order valence-electron chi connectivity index (χ2n) is 24.5. The van der Waals surface area contributed by atoms with Gasteiger partial charge < -0.3 is 15.1 Å². The molecule has 0 amide bonds. The molecule has 0 bridgehead atoms. The molecule has 2 aromatic heterocycles. The first kappa shape index (κ1) is 66.2. The number of hydrogen-bond donors (Lipinski definition) is 1. The van der Waals surface area contributed by atoms with Crippen molar-refractivity contribution in [2.75, 3.05) is 15.1 Å². The number of rotatable bonds is 15. The van der Waals surface area contributed by atoms with Crippen LogP contribution in [0.1, 0.15) is 0 Å². The maximum atomic E-state index is 5.25. The summed E-state index contributed by atoms with van der Waals surface area (Å²) >= 11 is 6.98. The van der Waals surface area contributed by atoms with Crippen LogP contribution in [0.2, 0.25) is 0 Å². The Balaban J connectivity index is 0.000000161. The zero-order chi connectivity index (χ0) is 69.5. The molecule has 1 N–H and O–H groups in total. The quantitative estimate of drug-likeness (QED) is 0.110. The van der Waals surface area contributed by atoms with E-state index in [1.807, 2.05) is 97.1 Å². The Hall–Kier alpha value is -12.7. The summed E-state index contributed by atoms with van der Waals surface area (Å²) in [6.45, 7) is 0. The fourth-order valence-electron chi connectivity index (χ4n) is 12.5. The Morgan fingerprint density at radius 3 is 0.650 bits per heavy atom. The van der Waals surface area contributed by atoms with E-state index in [1.165, 1.54) is 33.4 Å². The highest BCUT2D eigenvalue weighted by Crippen LogP contribution is 2.41. The van der Waals surface area contributed by atoms with E-state index in [9.17, 15) is 0 Å². The summed E-state index contributed by atoms with van der Waals surface area (Å²) in [5, 5.41) is 3.38. The van der Waals surface area contributed by atoms with Crippen molar-refractivity contribution in [3.8, 4) is 78.4 Å². The molecule has 15 aromatic carbocycles. The van der Waals surface area contributed by atoms with Crippen LogP contribution >= 0.6 is 31.9 Å². The molecule has 0 aliphatic rings. The second kappa shape index (κ2) is 31.7. The molecule has 0 fully saturated rings. The zero-order valence-electron chi connectivity index (χ0n) is 56.0. The molecule has 0 saturated heterocycles. The molecule has 9 heteroatoms. The monoisotopic (exact) mass is 1450 g/mol. The predicted octanol–water partition coefficient (Wildman–Crippen LogP) is 26.8. The first-order valence-electron chi connectivity index (χ1n) is 34.1. The van der Waals surface area contributed by atoms with Crippen molar-refractivity contribution in [2.24, 2.45) is 0 Å². The summed E-state index contributed by atoms with van der Waals surface area (Å²) in [5.41, 5.74) is 26.9. The molecule has 0 radical (unpaired) electrons. The summed E-state index contributed by atoms with van der Waals surface area (Å²) in [6.07, 6.45) is 0. The highest BCUT2D eigenvalue weighted by molar-refractivity contribution is 9.10. The van der Waals surface area contributed by atoms with Crippen LogP contribution in [0.5, 0.6) is 0 Å². The number of fused-ring (bicyclic) bond motifs is 2. The van der Waals surface area contributed by atoms with Gasteiger partial charge >= 0.3 is 0 Å². The van der Waals surface area contributed by atoms with Gasteiger partial charge in [0, 0.05) is 76.7 Å². The van der Waals surface area contributed by atoms with Crippen LogP contribution in [-0.2, 0) is 0 Å². The third kappa shape index (κ3) is 15.9. The van der Waals surface area contributed by atoms with Gasteiger partial charge in [0.2, 0.25) is 0 Å². The fraction of sp³-hybridized carbons (Fsp3) is 0. The van der Waals surface area contributed by atoms with E-state index in [0.717, 1.165) is 122 Å².